The van der Waals surface area contributed by atoms with Crippen LogP contribution in [0.4, 0.5) is 5.69 Å². The highest BCUT2D eigenvalue weighted by Gasteiger charge is 2.40. The molecule has 0 unspecified atom stereocenters. The van der Waals surface area contributed by atoms with Crippen LogP contribution in [0.2, 0.25) is 0 Å². The summed E-state index contributed by atoms with van der Waals surface area (Å²) in [6.45, 7) is 5.73. The Balaban J connectivity index is 2.58. The number of nitrogens with zero attached hydrogens (tertiary/aromatic N) is 1. The first-order valence-corrected chi connectivity index (χ1v) is 4.42. The largest absolute Gasteiger partial charge is 0.184 e. The summed E-state index contributed by atoms with van der Waals surface area (Å²) in [4.78, 5) is 2.33. The van der Waals surface area contributed by atoms with Gasteiger partial charge in [-0.05, 0) is 13.8 Å². The van der Waals surface area contributed by atoms with E-state index in [2.05, 4.69) is 50.1 Å². The zero-order valence-corrected chi connectivity index (χ0v) is 7.96. The molecule has 0 saturated heterocycles. The SMILES string of the molecule is C[N+]1CC(C)(C)c2ccccc21. The minimum atomic E-state index is 0.325. The van der Waals surface area contributed by atoms with E-state index in [1.807, 2.05) is 0 Å². The molecule has 1 aliphatic heterocycles. The molecule has 0 aromatic heterocycles. The second-order valence-corrected chi connectivity index (χ2v) is 4.26. The predicted molar refractivity (Wildman–Crippen MR) is 52.1 cm³/mol. The summed E-state index contributed by atoms with van der Waals surface area (Å²) in [5.74, 6) is 0. The summed E-state index contributed by atoms with van der Waals surface area (Å²) in [5, 5.41) is 0. The highest BCUT2D eigenvalue weighted by atomic mass is 15.1. The molecular weight excluding hydrogens is 146 g/mol. The second-order valence-electron chi connectivity index (χ2n) is 4.26. The summed E-state index contributed by atoms with van der Waals surface area (Å²) < 4.78 is 0. The monoisotopic (exact) mass is 161 g/mol. The smallest absolute Gasteiger partial charge is 0.136 e. The molecule has 1 heteroatoms. The molecule has 0 atom stereocenters. The summed E-state index contributed by atoms with van der Waals surface area (Å²) in [5.41, 5.74) is 3.20. The van der Waals surface area contributed by atoms with Crippen LogP contribution in [0.1, 0.15) is 19.4 Å². The van der Waals surface area contributed by atoms with Gasteiger partial charge in [-0.3, -0.25) is 0 Å². The fraction of sp³-hybridized carbons (Fsp3) is 0.455. The van der Waals surface area contributed by atoms with Crippen LogP contribution in [0.3, 0.4) is 0 Å². The Morgan fingerprint density at radius 1 is 1.25 bits per heavy atom. The molecule has 1 aliphatic rings. The molecule has 1 nitrogen and oxygen atoms in total. The lowest BCUT2D eigenvalue weighted by atomic mass is 9.87. The van der Waals surface area contributed by atoms with Crippen molar-refractivity contribution in [3.8, 4) is 0 Å². The Kier molecular flexibility index (Phi) is 1.52. The van der Waals surface area contributed by atoms with Crippen molar-refractivity contribution < 1.29 is 0 Å². The van der Waals surface area contributed by atoms with Crippen LogP contribution in [-0.2, 0) is 5.41 Å². The number of para-hydroxylation sites is 1. The first kappa shape index (κ1) is 7.81. The summed E-state index contributed by atoms with van der Waals surface area (Å²) in [6.07, 6.45) is 0. The number of benzene rings is 1. The van der Waals surface area contributed by atoms with Gasteiger partial charge in [0, 0.05) is 17.0 Å². The van der Waals surface area contributed by atoms with Gasteiger partial charge in [0.1, 0.15) is 13.6 Å². The molecular formula is C11H15N+. The Morgan fingerprint density at radius 2 is 1.92 bits per heavy atom. The first-order valence-electron chi connectivity index (χ1n) is 4.42. The van der Waals surface area contributed by atoms with Gasteiger partial charge in [0.25, 0.3) is 0 Å². The maximum Gasteiger partial charge on any atom is 0.184 e. The minimum Gasteiger partial charge on any atom is -0.136 e. The second kappa shape index (κ2) is 2.33. The van der Waals surface area contributed by atoms with Crippen LogP contribution in [-0.4, -0.2) is 13.6 Å². The van der Waals surface area contributed by atoms with Crippen LogP contribution in [0.15, 0.2) is 24.3 Å². The van der Waals surface area contributed by atoms with Gasteiger partial charge in [0.15, 0.2) is 5.69 Å². The van der Waals surface area contributed by atoms with E-state index in [1.54, 1.807) is 0 Å². The zero-order chi connectivity index (χ0) is 8.77. The third kappa shape index (κ3) is 0.969. The van der Waals surface area contributed by atoms with E-state index >= 15 is 0 Å². The lowest BCUT2D eigenvalue weighted by molar-refractivity contribution is 0.487. The number of likely N-dealkylation sites (N-methyl/N-ethyl adjacent to an activating group) is 1. The molecule has 0 bridgehead atoms. The van der Waals surface area contributed by atoms with Crippen LogP contribution < -0.4 is 4.90 Å². The van der Waals surface area contributed by atoms with Gasteiger partial charge in [0.2, 0.25) is 0 Å². The van der Waals surface area contributed by atoms with E-state index in [0.29, 0.717) is 5.41 Å². The standard InChI is InChI=1S/C11H15N/c1-11(2)8-12(3)10-7-5-4-6-9(10)11/h4-7H,8H2,1-3H3/q+1. The molecule has 1 radical (unpaired) electrons. The van der Waals surface area contributed by atoms with Crippen molar-refractivity contribution >= 4 is 5.69 Å². The molecule has 1 heterocycles. The fourth-order valence-electron chi connectivity index (χ4n) is 2.14. The Hall–Kier alpha value is -0.820. The van der Waals surface area contributed by atoms with Crippen molar-refractivity contribution in [2.24, 2.45) is 0 Å². The average Bonchev–Trinajstić information content (AvgIpc) is 2.25. The number of fused-ring (bicyclic) bond motifs is 1. The zero-order valence-electron chi connectivity index (χ0n) is 7.96. The highest BCUT2D eigenvalue weighted by molar-refractivity contribution is 5.55. The average molecular weight is 161 g/mol. The summed E-state index contributed by atoms with van der Waals surface area (Å²) in [6, 6.07) is 8.67. The van der Waals surface area contributed by atoms with Gasteiger partial charge < -0.3 is 0 Å². The van der Waals surface area contributed by atoms with E-state index in [1.165, 1.54) is 11.3 Å². The maximum absolute atomic E-state index is 2.33. The maximum atomic E-state index is 2.33. The van der Waals surface area contributed by atoms with E-state index in [0.717, 1.165) is 6.54 Å². The lowest BCUT2D eigenvalue weighted by Gasteiger charge is -2.12. The van der Waals surface area contributed by atoms with Crippen molar-refractivity contribution in [1.29, 1.82) is 0 Å². The van der Waals surface area contributed by atoms with E-state index < -0.39 is 0 Å². The van der Waals surface area contributed by atoms with Gasteiger partial charge in [0.05, 0.1) is 0 Å². The molecule has 0 fully saturated rings. The van der Waals surface area contributed by atoms with Crippen molar-refractivity contribution in [3.63, 3.8) is 0 Å². The predicted octanol–water partition coefficient (Wildman–Crippen LogP) is 2.38. The normalized spacial score (nSPS) is 20.9. The molecule has 0 spiro atoms. The molecule has 1 aromatic rings. The Bertz CT molecular complexity index is 302. The van der Waals surface area contributed by atoms with Gasteiger partial charge in [-0.15, -0.1) is 4.90 Å². The molecule has 63 valence electrons. The number of anilines is 1. The molecule has 12 heavy (non-hydrogen) atoms. The van der Waals surface area contributed by atoms with Gasteiger partial charge in [-0.25, -0.2) is 0 Å². The van der Waals surface area contributed by atoms with Gasteiger partial charge in [-0.1, -0.05) is 18.2 Å². The topological polar surface area (TPSA) is 5.90 Å². The van der Waals surface area contributed by atoms with E-state index in [9.17, 15) is 0 Å². The van der Waals surface area contributed by atoms with Gasteiger partial charge >= 0.3 is 0 Å². The third-order valence-electron chi connectivity index (χ3n) is 2.68. The molecule has 0 N–H and O–H groups in total. The molecule has 1 aromatic carbocycles. The van der Waals surface area contributed by atoms with Crippen LogP contribution in [0.25, 0.3) is 0 Å². The van der Waals surface area contributed by atoms with Crippen molar-refractivity contribution in [1.82, 2.24) is 4.90 Å². The minimum absolute atomic E-state index is 0.325. The van der Waals surface area contributed by atoms with Crippen molar-refractivity contribution in [2.45, 2.75) is 19.3 Å². The lowest BCUT2D eigenvalue weighted by Crippen LogP contribution is -2.25. The number of hydrogen-bond acceptors (Lipinski definition) is 1. The summed E-state index contributed by atoms with van der Waals surface area (Å²) in [7, 11) is 2.16. The Labute approximate surface area is 74.0 Å². The quantitative estimate of drug-likeness (QED) is 0.515. The van der Waals surface area contributed by atoms with E-state index in [-0.39, 0.29) is 0 Å². The summed E-state index contributed by atoms with van der Waals surface area (Å²) >= 11 is 0. The molecule has 0 aliphatic carbocycles. The van der Waals surface area contributed by atoms with E-state index in [4.69, 9.17) is 0 Å². The molecule has 0 amide bonds. The third-order valence-corrected chi connectivity index (χ3v) is 2.68. The molecule has 0 saturated carbocycles. The number of rotatable bonds is 0. The van der Waals surface area contributed by atoms with Crippen LogP contribution in [0.5, 0.6) is 0 Å². The highest BCUT2D eigenvalue weighted by Crippen LogP contribution is 2.38. The van der Waals surface area contributed by atoms with Crippen molar-refractivity contribution in [2.75, 3.05) is 13.6 Å². The molecule has 2 rings (SSSR count). The fourth-order valence-corrected chi connectivity index (χ4v) is 2.14. The van der Waals surface area contributed by atoms with Crippen LogP contribution >= 0.6 is 0 Å². The number of hydrogen-bond donors (Lipinski definition) is 0. The Morgan fingerprint density at radius 3 is 2.58 bits per heavy atom. The first-order chi connectivity index (χ1) is 5.61. The van der Waals surface area contributed by atoms with Crippen molar-refractivity contribution in [3.05, 3.63) is 29.8 Å². The van der Waals surface area contributed by atoms with Crippen LogP contribution in [0, 0.1) is 0 Å². The van der Waals surface area contributed by atoms with Gasteiger partial charge in [-0.2, -0.15) is 0 Å².